The number of ether oxygens (including phenoxy) is 1. The summed E-state index contributed by atoms with van der Waals surface area (Å²) < 4.78 is 11.7. The Morgan fingerprint density at radius 2 is 1.41 bits per heavy atom. The number of fused-ring (bicyclic) bond motifs is 7. The van der Waals surface area contributed by atoms with Crippen LogP contribution in [0, 0.1) is 0 Å². The molecule has 5 aromatic rings. The van der Waals surface area contributed by atoms with E-state index < -0.39 is 0 Å². The lowest BCUT2D eigenvalue weighted by atomic mass is 9.95. The van der Waals surface area contributed by atoms with Crippen molar-refractivity contribution in [3.05, 3.63) is 58.4 Å². The third kappa shape index (κ3) is 3.88. The van der Waals surface area contributed by atoms with Gasteiger partial charge >= 0.3 is 5.97 Å². The number of esters is 1. The second-order valence-corrected chi connectivity index (χ2v) is 11.5. The number of imidazole rings is 2. The van der Waals surface area contributed by atoms with Crippen LogP contribution in [0.1, 0.15) is 99.5 Å². The molecule has 2 aromatic carbocycles. The van der Waals surface area contributed by atoms with Crippen molar-refractivity contribution in [1.82, 2.24) is 18.5 Å². The molecule has 0 radical (unpaired) electrons. The zero-order valence-electron chi connectivity index (χ0n) is 22.7. The van der Waals surface area contributed by atoms with E-state index in [4.69, 9.17) is 9.72 Å². The Kier molecular flexibility index (Phi) is 6.17. The van der Waals surface area contributed by atoms with Gasteiger partial charge in [0.05, 0.1) is 23.7 Å². The monoisotopic (exact) mass is 524 g/mol. The number of aromatic nitrogens is 4. The van der Waals surface area contributed by atoms with Crippen LogP contribution in [0.15, 0.2) is 47.3 Å². The molecule has 2 aliphatic carbocycles. The third-order valence-corrected chi connectivity index (χ3v) is 9.19. The van der Waals surface area contributed by atoms with Gasteiger partial charge in [-0.1, -0.05) is 69.6 Å². The molecule has 2 fully saturated rings. The van der Waals surface area contributed by atoms with E-state index in [9.17, 15) is 9.59 Å². The molecule has 0 spiro atoms. The maximum atomic E-state index is 14.2. The lowest BCUT2D eigenvalue weighted by Gasteiger charge is -2.25. The second kappa shape index (κ2) is 9.85. The van der Waals surface area contributed by atoms with Crippen LogP contribution in [-0.2, 0) is 4.74 Å². The fourth-order valence-corrected chi connectivity index (χ4v) is 7.28. The van der Waals surface area contributed by atoms with Crippen LogP contribution in [0.3, 0.4) is 0 Å². The fourth-order valence-electron chi connectivity index (χ4n) is 7.28. The lowest BCUT2D eigenvalue weighted by molar-refractivity contribution is 0.0601. The van der Waals surface area contributed by atoms with E-state index in [0.717, 1.165) is 77.3 Å². The van der Waals surface area contributed by atoms with Gasteiger partial charge in [-0.25, -0.2) is 9.78 Å². The first-order chi connectivity index (χ1) is 19.2. The maximum Gasteiger partial charge on any atom is 0.337 e. The molecule has 2 saturated carbocycles. The topological polar surface area (TPSA) is 70.5 Å². The summed E-state index contributed by atoms with van der Waals surface area (Å²) in [4.78, 5) is 32.1. The summed E-state index contributed by atoms with van der Waals surface area (Å²) in [6.45, 7) is 0. The number of methoxy groups -OCH3 is 1. The Bertz CT molecular complexity index is 1760. The van der Waals surface area contributed by atoms with Gasteiger partial charge < -0.3 is 9.30 Å². The van der Waals surface area contributed by atoms with Gasteiger partial charge in [-0.3, -0.25) is 13.8 Å². The first-order valence-electron chi connectivity index (χ1n) is 14.7. The van der Waals surface area contributed by atoms with Gasteiger partial charge in [-0.2, -0.15) is 0 Å². The number of nitrogens with zero attached hydrogens (tertiary/aromatic N) is 4. The molecule has 7 heteroatoms. The average molecular weight is 525 g/mol. The van der Waals surface area contributed by atoms with Crippen LogP contribution >= 0.6 is 0 Å². The summed E-state index contributed by atoms with van der Waals surface area (Å²) in [5.41, 5.74) is 4.27. The van der Waals surface area contributed by atoms with Gasteiger partial charge in [-0.05, 0) is 49.9 Å². The molecule has 0 bridgehead atoms. The summed E-state index contributed by atoms with van der Waals surface area (Å²) in [5, 5.41) is 1.63. The number of rotatable bonds is 3. The molecule has 0 saturated heterocycles. The molecule has 0 aliphatic heterocycles. The van der Waals surface area contributed by atoms with Gasteiger partial charge in [0.25, 0.3) is 5.56 Å². The molecular formula is C32H36N4O3. The van der Waals surface area contributed by atoms with Crippen molar-refractivity contribution in [2.24, 2.45) is 0 Å². The minimum absolute atomic E-state index is 0.0581. The standard InChI is InChI=1S/C32H36N4O3/c1-39-31(38)21-18-19-26-27(20-21)36-29-28(33-32(36)34(26)22-12-6-3-2-4-7-13-22)24-16-10-11-17-25(24)30(37)35(29)23-14-8-5-9-15-23/h10-11,16-20,22-23H,2-9,12-15H2,1H3. The molecule has 0 atom stereocenters. The van der Waals surface area contributed by atoms with Gasteiger partial charge in [0.2, 0.25) is 5.78 Å². The fraction of sp³-hybridized carbons (Fsp3) is 0.469. The van der Waals surface area contributed by atoms with Crippen molar-refractivity contribution >= 4 is 44.7 Å². The lowest BCUT2D eigenvalue weighted by Crippen LogP contribution is -2.27. The summed E-state index contributed by atoms with van der Waals surface area (Å²) in [6, 6.07) is 14.2. The van der Waals surface area contributed by atoms with E-state index in [-0.39, 0.29) is 17.6 Å². The first-order valence-corrected chi connectivity index (χ1v) is 14.7. The SMILES string of the molecule is COC(=O)c1ccc2c(c1)n1c3c(nc1n2C1CCCCCCC1)c1ccccc1c(=O)n3C1CCCCC1. The highest BCUT2D eigenvalue weighted by molar-refractivity contribution is 6.06. The minimum atomic E-state index is -0.358. The van der Waals surface area contributed by atoms with E-state index in [1.807, 2.05) is 47.0 Å². The van der Waals surface area contributed by atoms with Gasteiger partial charge in [0.15, 0.2) is 5.65 Å². The van der Waals surface area contributed by atoms with Crippen LogP contribution < -0.4 is 5.56 Å². The van der Waals surface area contributed by atoms with Crippen molar-refractivity contribution in [3.8, 4) is 0 Å². The van der Waals surface area contributed by atoms with Crippen LogP contribution in [0.2, 0.25) is 0 Å². The molecule has 202 valence electrons. The van der Waals surface area contributed by atoms with Crippen molar-refractivity contribution in [2.75, 3.05) is 7.11 Å². The highest BCUT2D eigenvalue weighted by atomic mass is 16.5. The van der Waals surface area contributed by atoms with E-state index in [2.05, 4.69) is 8.97 Å². The Hall–Kier alpha value is -3.61. The highest BCUT2D eigenvalue weighted by Gasteiger charge is 2.28. The van der Waals surface area contributed by atoms with Crippen LogP contribution in [-0.4, -0.2) is 31.6 Å². The van der Waals surface area contributed by atoms with E-state index in [1.165, 1.54) is 45.6 Å². The number of carbonyl (C=O) groups is 1. The van der Waals surface area contributed by atoms with Crippen molar-refractivity contribution in [2.45, 2.75) is 89.1 Å². The van der Waals surface area contributed by atoms with Crippen molar-refractivity contribution < 1.29 is 9.53 Å². The van der Waals surface area contributed by atoms with Gasteiger partial charge in [0.1, 0.15) is 5.52 Å². The minimum Gasteiger partial charge on any atom is -0.465 e. The number of pyridine rings is 1. The number of hydrogen-bond acceptors (Lipinski definition) is 4. The highest BCUT2D eigenvalue weighted by Crippen LogP contribution is 2.38. The van der Waals surface area contributed by atoms with Crippen LogP contribution in [0.5, 0.6) is 0 Å². The molecule has 3 heterocycles. The first kappa shape index (κ1) is 24.4. The number of carbonyl (C=O) groups excluding carboxylic acids is 1. The molecular weight excluding hydrogens is 488 g/mol. The summed E-state index contributed by atoms with van der Waals surface area (Å²) >= 11 is 0. The zero-order chi connectivity index (χ0) is 26.5. The molecule has 0 amide bonds. The average Bonchev–Trinajstić information content (AvgIpc) is 3.48. The van der Waals surface area contributed by atoms with Crippen molar-refractivity contribution in [1.29, 1.82) is 0 Å². The molecule has 7 nitrogen and oxygen atoms in total. The molecule has 3 aromatic heterocycles. The van der Waals surface area contributed by atoms with E-state index in [0.29, 0.717) is 11.6 Å². The predicted molar refractivity (Wildman–Crippen MR) is 155 cm³/mol. The van der Waals surface area contributed by atoms with Crippen LogP contribution in [0.25, 0.3) is 38.7 Å². The summed E-state index contributed by atoms with van der Waals surface area (Å²) in [5.74, 6) is 0.510. The van der Waals surface area contributed by atoms with E-state index in [1.54, 1.807) is 0 Å². The van der Waals surface area contributed by atoms with E-state index >= 15 is 0 Å². The van der Waals surface area contributed by atoms with Crippen LogP contribution in [0.4, 0.5) is 0 Å². The van der Waals surface area contributed by atoms with Gasteiger partial charge in [-0.15, -0.1) is 0 Å². The number of benzene rings is 2. The molecule has 0 unspecified atom stereocenters. The molecule has 0 N–H and O–H groups in total. The molecule has 2 aliphatic rings. The molecule has 7 rings (SSSR count). The Morgan fingerprint density at radius 1 is 0.795 bits per heavy atom. The molecule has 39 heavy (non-hydrogen) atoms. The normalized spacial score (nSPS) is 18.2. The summed E-state index contributed by atoms with van der Waals surface area (Å²) in [7, 11) is 1.42. The Morgan fingerprint density at radius 3 is 2.10 bits per heavy atom. The van der Waals surface area contributed by atoms with Gasteiger partial charge in [0, 0.05) is 22.9 Å². The summed E-state index contributed by atoms with van der Waals surface area (Å²) in [6.07, 6.45) is 13.9. The van der Waals surface area contributed by atoms with Crippen molar-refractivity contribution in [3.63, 3.8) is 0 Å². The smallest absolute Gasteiger partial charge is 0.337 e. The quantitative estimate of drug-likeness (QED) is 0.232. The largest absolute Gasteiger partial charge is 0.465 e. The Balaban J connectivity index is 1.63. The predicted octanol–water partition coefficient (Wildman–Crippen LogP) is 7.33. The zero-order valence-corrected chi connectivity index (χ0v) is 22.7. The second-order valence-electron chi connectivity index (χ2n) is 11.5. The third-order valence-electron chi connectivity index (χ3n) is 9.19. The maximum absolute atomic E-state index is 14.2. The number of hydrogen-bond donors (Lipinski definition) is 0. The Labute approximate surface area is 227 Å².